The highest BCUT2D eigenvalue weighted by Gasteiger charge is 2.30. The van der Waals surface area contributed by atoms with Crippen molar-refractivity contribution in [2.75, 3.05) is 27.7 Å². The Kier molecular flexibility index (Phi) is 41.3. The minimum absolute atomic E-state index is 0.0237. The van der Waals surface area contributed by atoms with Crippen LogP contribution in [0.3, 0.4) is 0 Å². The Labute approximate surface area is 843 Å². The van der Waals surface area contributed by atoms with Gasteiger partial charge in [0.15, 0.2) is 5.13 Å². The first-order valence-corrected chi connectivity index (χ1v) is 54.5. The normalized spacial score (nSPS) is 20.3. The van der Waals surface area contributed by atoms with Crippen molar-refractivity contribution in [3.05, 3.63) is 312 Å². The fourth-order valence-corrected chi connectivity index (χ4v) is 27.5. The largest absolute Gasteiger partial charge is 0.366 e. The number of likely N-dealkylation sites (N-methyl/N-ethyl adjacent to an activating group) is 4. The van der Waals surface area contributed by atoms with Gasteiger partial charge in [-0.15, -0.1) is 102 Å². The number of nitrogens with one attached hydrogen (secondary N) is 2. The second-order valence-electron chi connectivity index (χ2n) is 35.4. The predicted octanol–water partition coefficient (Wildman–Crippen LogP) is 32.1. The summed E-state index contributed by atoms with van der Waals surface area (Å²) in [5, 5.41) is 16.8. The molecule has 0 aromatic carbocycles. The Morgan fingerprint density at radius 2 is 0.873 bits per heavy atom. The summed E-state index contributed by atoms with van der Waals surface area (Å²) in [5.41, 5.74) is 23.7. The van der Waals surface area contributed by atoms with Gasteiger partial charge in [0.05, 0.1) is 68.0 Å². The van der Waals surface area contributed by atoms with Crippen LogP contribution in [0.25, 0.3) is 0 Å². The van der Waals surface area contributed by atoms with Gasteiger partial charge in [0, 0.05) is 164 Å². The van der Waals surface area contributed by atoms with E-state index in [0.717, 1.165) is 58.8 Å². The maximum atomic E-state index is 13.7. The van der Waals surface area contributed by atoms with Crippen LogP contribution >= 0.6 is 118 Å². The van der Waals surface area contributed by atoms with Crippen LogP contribution in [0.5, 0.6) is 0 Å². The van der Waals surface area contributed by atoms with Crippen LogP contribution in [0, 0.1) is 121 Å². The first-order chi connectivity index (χ1) is 64.0. The van der Waals surface area contributed by atoms with E-state index in [9.17, 15) is 8.78 Å². The van der Waals surface area contributed by atoms with Gasteiger partial charge >= 0.3 is 0 Å². The second-order valence-corrected chi connectivity index (χ2v) is 45.6. The minimum atomic E-state index is -0.106. The summed E-state index contributed by atoms with van der Waals surface area (Å²) in [7, 11) is 6.20. The van der Waals surface area contributed by atoms with Crippen molar-refractivity contribution in [1.29, 1.82) is 0 Å². The summed E-state index contributed by atoms with van der Waals surface area (Å²) in [6, 6.07) is 8.43. The van der Waals surface area contributed by atoms with Gasteiger partial charge in [-0.3, -0.25) is 25.0 Å². The first kappa shape index (κ1) is 107. The van der Waals surface area contributed by atoms with E-state index in [0.29, 0.717) is 54.3 Å². The Morgan fingerprint density at radius 1 is 0.425 bits per heavy atom. The van der Waals surface area contributed by atoms with Crippen molar-refractivity contribution in [2.24, 2.45) is 51.8 Å². The van der Waals surface area contributed by atoms with E-state index in [-0.39, 0.29) is 29.0 Å². The smallest absolute Gasteiger partial charge is 0.179 e. The molecular formula is C108H137BrF2N14S9. The average Bonchev–Trinajstić information content (AvgIpc) is 1.64. The molecule has 9 aromatic heterocycles. The molecule has 0 bridgehead atoms. The molecule has 0 radical (unpaired) electrons. The van der Waals surface area contributed by atoms with E-state index in [1.807, 2.05) is 156 Å². The van der Waals surface area contributed by atoms with Gasteiger partial charge in [0.2, 0.25) is 0 Å². The number of thiophene rings is 9. The van der Waals surface area contributed by atoms with E-state index >= 15 is 0 Å². The summed E-state index contributed by atoms with van der Waals surface area (Å²) in [4.78, 5) is 59.0. The highest BCUT2D eigenvalue weighted by Crippen LogP contribution is 2.46. The standard InChI is InChI=1S/C15H21NS.C14H19NS.C13H17NS.C12H14FNS.C12H16N2S.2C11H14N2S.C10H11BrN2S.C10H11FN2S/c1-9(2)14-7-16-11(4)6-13(14)15-12(5)10(3)8-17-15;1-9(2)13-7-15-6-5-12(13)14-11(4)10(3)8-16-14;1-4-14-8-6-5-7-12(14)13-11(3)10(2)9-15-13;1-7-6-15-12(9(7)3)10-4-8(2)14-5-11(10)13;1-4-10-7-9(2)15-12(10)11-5-6-13-8-14(11)3;1-8-6-14-11(9(8)2)10-4-5-12-7-13(10)3;1-8-6-9(2)14-11(8)10-4-5-12-7-13(10)3;1-2-7-5-8(11)10(14-7)9-3-4-12-6-13-9;1-6-7(2)10(11)14-9(6)8-3-4-12-5-13-8/h7-9,13H,6H2,1-5H3;6-9,12H,5H2,1-4H3;5-9,12H,4H2,1-3H3;5-6,10H,4H2,1-3H3;5-8,11H,4H2,1-3H3;2*4-7,10H,1-3H3;3-6,9H,2H2,1H3,(H,12,13);3-5,8H,1-2H3,(H,12,13). The van der Waals surface area contributed by atoms with Crippen LogP contribution in [-0.2, 0) is 12.8 Å². The molecule has 0 amide bonds. The van der Waals surface area contributed by atoms with E-state index in [1.54, 1.807) is 30.9 Å². The highest BCUT2D eigenvalue weighted by atomic mass is 79.9. The molecule has 14 nitrogen and oxygen atoms in total. The van der Waals surface area contributed by atoms with Gasteiger partial charge in [-0.25, -0.2) is 19.4 Å². The summed E-state index contributed by atoms with van der Waals surface area (Å²) >= 11 is 19.5. The van der Waals surface area contributed by atoms with Crippen LogP contribution in [-0.4, -0.2) is 96.6 Å². The van der Waals surface area contributed by atoms with Gasteiger partial charge in [-0.1, -0.05) is 53.7 Å². The summed E-state index contributed by atoms with van der Waals surface area (Å²) in [5.74, 6) is 2.09. The molecule has 0 spiro atoms. The second kappa shape index (κ2) is 51.6. The average molecular weight is 2040 g/mol. The predicted molar refractivity (Wildman–Crippen MR) is 593 cm³/mol. The Bertz CT molecular complexity index is 5920. The molecule has 9 aliphatic heterocycles. The number of rotatable bonds is 14. The zero-order valence-corrected chi connectivity index (χ0v) is 92.1. The molecular weight excluding hydrogens is 1900 g/mol. The molecule has 9 atom stereocenters. The Morgan fingerprint density at radius 3 is 1.31 bits per heavy atom. The maximum absolute atomic E-state index is 13.7. The topological polar surface area (TPSA) is 136 Å². The summed E-state index contributed by atoms with van der Waals surface area (Å²) in [6.45, 7) is 52.8. The SMILES string of the molecule is CC1=NC=C(C(C)C)C(c2scc(C)c2C)C1.CC1=NC=C(F)C(c2scc(C)c2C)C1.CCN1C=CC=CC1c1scc(C)c1C.CCc1cc(Br)c(C2C=CNC=N2)s1.CCc1cc(C)sc1C1C=CN=CN1C.Cc1c(F)sc(C2C=CNC=N2)c1C.Cc1cc(C)c(C2C=CN=CN2C)s1.Cc1csc(C2C=CN=CN2C)c1C.Cc1csc(C2CC=NC=C2C(C)C)c1C. The van der Waals surface area contributed by atoms with Crippen LogP contribution in [0.15, 0.2) is 211 Å². The number of hydrogen-bond acceptors (Lipinski definition) is 23. The van der Waals surface area contributed by atoms with Crippen molar-refractivity contribution >= 4 is 167 Å². The molecule has 2 N–H and O–H groups in total. The lowest BCUT2D eigenvalue weighted by Crippen LogP contribution is -2.23. The Hall–Kier alpha value is -8.80. The van der Waals surface area contributed by atoms with Gasteiger partial charge in [0.25, 0.3) is 0 Å². The van der Waals surface area contributed by atoms with Gasteiger partial charge in [-0.05, 0) is 361 Å². The third kappa shape index (κ3) is 28.2. The Balaban J connectivity index is 0.000000156. The molecule has 0 saturated carbocycles. The quantitative estimate of drug-likeness (QED) is 0.111. The van der Waals surface area contributed by atoms with E-state index in [2.05, 4.69) is 359 Å². The first-order valence-electron chi connectivity index (χ1n) is 46.1. The van der Waals surface area contributed by atoms with Gasteiger partial charge in [0.1, 0.15) is 17.9 Å². The minimum Gasteiger partial charge on any atom is -0.366 e. The lowest BCUT2D eigenvalue weighted by molar-refractivity contribution is 0.341. The van der Waals surface area contributed by atoms with Crippen molar-refractivity contribution in [1.82, 2.24) is 30.2 Å². The molecule has 18 heterocycles. The summed E-state index contributed by atoms with van der Waals surface area (Å²) in [6.07, 6.45) is 50.2. The molecule has 134 heavy (non-hydrogen) atoms. The molecule has 9 aromatic rings. The molecule has 9 unspecified atom stereocenters. The maximum Gasteiger partial charge on any atom is 0.179 e. The third-order valence-corrected chi connectivity index (χ3v) is 37.4. The highest BCUT2D eigenvalue weighted by molar-refractivity contribution is 9.10. The molecule has 0 fully saturated rings. The molecule has 18 rings (SSSR count). The monoisotopic (exact) mass is 2030 g/mol. The fourth-order valence-electron chi connectivity index (χ4n) is 16.1. The number of aryl methyl sites for hydroxylation is 10. The fraction of sp³-hybridized carbons (Fsp3) is 0.407. The van der Waals surface area contributed by atoms with E-state index in [1.165, 1.54) is 154 Å². The lowest BCUT2D eigenvalue weighted by atomic mass is 9.83. The van der Waals surface area contributed by atoms with Gasteiger partial charge < -0.3 is 30.2 Å². The molecule has 9 aliphatic rings. The summed E-state index contributed by atoms with van der Waals surface area (Å²) < 4.78 is 28.1. The van der Waals surface area contributed by atoms with Gasteiger partial charge in [-0.2, -0.15) is 4.39 Å². The van der Waals surface area contributed by atoms with E-state index < -0.39 is 0 Å². The molecule has 0 aliphatic carbocycles. The zero-order chi connectivity index (χ0) is 97.3. The van der Waals surface area contributed by atoms with Crippen molar-refractivity contribution in [2.45, 2.75) is 252 Å². The van der Waals surface area contributed by atoms with Crippen LogP contribution in [0.2, 0.25) is 0 Å². The van der Waals surface area contributed by atoms with Crippen LogP contribution in [0.4, 0.5) is 8.78 Å². The zero-order valence-electron chi connectivity index (χ0n) is 83.2. The lowest BCUT2D eigenvalue weighted by Gasteiger charge is -2.29. The van der Waals surface area contributed by atoms with Crippen molar-refractivity contribution in [3.63, 3.8) is 0 Å². The van der Waals surface area contributed by atoms with Crippen molar-refractivity contribution < 1.29 is 8.78 Å². The number of nitrogens with zero attached hydrogens (tertiary/aromatic N) is 12. The molecule has 26 heteroatoms. The van der Waals surface area contributed by atoms with Crippen molar-refractivity contribution in [3.8, 4) is 0 Å². The third-order valence-electron chi connectivity index (χ3n) is 25.0. The number of hydrogen-bond donors (Lipinski definition) is 2. The number of halogens is 3. The van der Waals surface area contributed by atoms with Crippen LogP contribution in [0.1, 0.15) is 272 Å². The number of aliphatic imine (C=N–C) groups is 8. The van der Waals surface area contributed by atoms with E-state index in [4.69, 9.17) is 0 Å². The molecule has 0 saturated heterocycles. The van der Waals surface area contributed by atoms with Crippen LogP contribution < -0.4 is 10.6 Å². The number of allylic oxidation sites excluding steroid dienone is 5. The molecule has 714 valence electrons.